The first-order valence-corrected chi connectivity index (χ1v) is 11.9. The molecular weight excluding hydrogens is 462 g/mol. The van der Waals surface area contributed by atoms with E-state index in [-0.39, 0.29) is 31.5 Å². The summed E-state index contributed by atoms with van der Waals surface area (Å²) >= 11 is 0. The van der Waals surface area contributed by atoms with Crippen LogP contribution in [0.4, 0.5) is 0 Å². The maximum atomic E-state index is 13.7. The van der Waals surface area contributed by atoms with Gasteiger partial charge in [-0.25, -0.2) is 4.68 Å². The quantitative estimate of drug-likeness (QED) is 0.434. The molecule has 10 nitrogen and oxygen atoms in total. The molecule has 0 aliphatic carbocycles. The summed E-state index contributed by atoms with van der Waals surface area (Å²) in [6.45, 7) is 8.38. The average Bonchev–Trinajstić information content (AvgIpc) is 3.24. The molecule has 0 aliphatic rings. The zero-order valence-corrected chi connectivity index (χ0v) is 21.8. The van der Waals surface area contributed by atoms with Crippen LogP contribution in [0.1, 0.15) is 39.3 Å². The standard InChI is InChI=1S/C26H35N5O5/c1-7-36-21-13-12-18(16-22(21)35-6)24(25(33)27-26(2,3)4)30(14-15-34-5)23(32)17-31-20-11-9-8-10-19(20)28-29-31/h8-13,16,24H,7,14-15,17H2,1-6H3,(H,27,33). The third-order valence-corrected chi connectivity index (χ3v) is 5.42. The number of aromatic nitrogens is 3. The summed E-state index contributed by atoms with van der Waals surface area (Å²) in [7, 11) is 3.09. The smallest absolute Gasteiger partial charge is 0.247 e. The number of hydrogen-bond acceptors (Lipinski definition) is 7. The van der Waals surface area contributed by atoms with Crippen LogP contribution in [-0.2, 0) is 20.9 Å². The molecule has 2 amide bonds. The fraction of sp³-hybridized carbons (Fsp3) is 0.462. The lowest BCUT2D eigenvalue weighted by atomic mass is 10.0. The van der Waals surface area contributed by atoms with E-state index in [9.17, 15) is 9.59 Å². The number of nitrogens with zero attached hydrogens (tertiary/aromatic N) is 4. The summed E-state index contributed by atoms with van der Waals surface area (Å²) < 4.78 is 18.0. The summed E-state index contributed by atoms with van der Waals surface area (Å²) in [5, 5.41) is 11.3. The van der Waals surface area contributed by atoms with Crippen LogP contribution in [-0.4, -0.2) is 71.2 Å². The van der Waals surface area contributed by atoms with Gasteiger partial charge >= 0.3 is 0 Å². The third-order valence-electron chi connectivity index (χ3n) is 5.42. The lowest BCUT2D eigenvalue weighted by Gasteiger charge is -2.34. The van der Waals surface area contributed by atoms with Crippen LogP contribution in [0.3, 0.4) is 0 Å². The number of amides is 2. The van der Waals surface area contributed by atoms with Crippen LogP contribution in [0.15, 0.2) is 42.5 Å². The molecule has 2 aromatic carbocycles. The van der Waals surface area contributed by atoms with Crippen molar-refractivity contribution in [3.63, 3.8) is 0 Å². The normalized spacial score (nSPS) is 12.3. The van der Waals surface area contributed by atoms with Crippen molar-refractivity contribution < 1.29 is 23.8 Å². The molecule has 0 aliphatic heterocycles. The summed E-state index contributed by atoms with van der Waals surface area (Å²) in [5.74, 6) is 0.415. The molecule has 1 unspecified atom stereocenters. The molecule has 194 valence electrons. The molecule has 1 aromatic heterocycles. The number of carbonyl (C=O) groups excluding carboxylic acids is 2. The first kappa shape index (κ1) is 26.9. The van der Waals surface area contributed by atoms with E-state index in [1.54, 1.807) is 25.3 Å². The molecule has 0 saturated heterocycles. The van der Waals surface area contributed by atoms with Gasteiger partial charge in [-0.3, -0.25) is 9.59 Å². The van der Waals surface area contributed by atoms with Gasteiger partial charge in [-0.2, -0.15) is 0 Å². The van der Waals surface area contributed by atoms with E-state index >= 15 is 0 Å². The second kappa shape index (κ2) is 11.9. The van der Waals surface area contributed by atoms with Crippen molar-refractivity contribution in [2.24, 2.45) is 0 Å². The van der Waals surface area contributed by atoms with Crippen LogP contribution in [0.5, 0.6) is 11.5 Å². The predicted octanol–water partition coefficient (Wildman–Crippen LogP) is 2.97. The number of fused-ring (bicyclic) bond motifs is 1. The van der Waals surface area contributed by atoms with Gasteiger partial charge in [0.15, 0.2) is 11.5 Å². The molecule has 10 heteroatoms. The Balaban J connectivity index is 2.04. The Morgan fingerprint density at radius 1 is 1.11 bits per heavy atom. The molecule has 0 spiro atoms. The summed E-state index contributed by atoms with van der Waals surface area (Å²) in [5.41, 5.74) is 1.50. The number of methoxy groups -OCH3 is 2. The van der Waals surface area contributed by atoms with Crippen LogP contribution in [0.2, 0.25) is 0 Å². The van der Waals surface area contributed by atoms with Gasteiger partial charge in [0, 0.05) is 19.2 Å². The Labute approximate surface area is 211 Å². The SMILES string of the molecule is CCOc1ccc(C(C(=O)NC(C)(C)C)N(CCOC)C(=O)Cn2nnc3ccccc32)cc1OC. The lowest BCUT2D eigenvalue weighted by Crippen LogP contribution is -2.50. The number of benzene rings is 2. The highest BCUT2D eigenvalue weighted by Crippen LogP contribution is 2.33. The molecule has 0 saturated carbocycles. The van der Waals surface area contributed by atoms with Gasteiger partial charge in [0.05, 0.1) is 25.8 Å². The van der Waals surface area contributed by atoms with Crippen molar-refractivity contribution in [2.75, 3.05) is 34.0 Å². The number of carbonyl (C=O) groups is 2. The van der Waals surface area contributed by atoms with Crippen LogP contribution < -0.4 is 14.8 Å². The van der Waals surface area contributed by atoms with Gasteiger partial charge in [-0.1, -0.05) is 23.4 Å². The lowest BCUT2D eigenvalue weighted by molar-refractivity contribution is -0.142. The monoisotopic (exact) mass is 497 g/mol. The van der Waals surface area contributed by atoms with Crippen LogP contribution in [0, 0.1) is 0 Å². The number of hydrogen-bond donors (Lipinski definition) is 1. The first-order chi connectivity index (χ1) is 17.2. The Hall–Kier alpha value is -3.66. The van der Waals surface area contributed by atoms with Gasteiger partial charge < -0.3 is 24.4 Å². The van der Waals surface area contributed by atoms with E-state index in [2.05, 4.69) is 15.6 Å². The molecule has 1 atom stereocenters. The highest BCUT2D eigenvalue weighted by atomic mass is 16.5. The minimum Gasteiger partial charge on any atom is -0.493 e. The van der Waals surface area contributed by atoms with Crippen molar-refractivity contribution in [2.45, 2.75) is 45.8 Å². The molecule has 0 radical (unpaired) electrons. The van der Waals surface area contributed by atoms with Gasteiger partial charge in [0.2, 0.25) is 11.8 Å². The Morgan fingerprint density at radius 2 is 1.86 bits per heavy atom. The summed E-state index contributed by atoms with van der Waals surface area (Å²) in [6.07, 6.45) is 0. The third kappa shape index (κ3) is 6.51. The minimum absolute atomic E-state index is 0.0856. The van der Waals surface area contributed by atoms with Gasteiger partial charge in [-0.05, 0) is 57.5 Å². The molecular formula is C26H35N5O5. The molecule has 1 N–H and O–H groups in total. The summed E-state index contributed by atoms with van der Waals surface area (Å²) in [6, 6.07) is 11.7. The number of para-hydroxylation sites is 1. The van der Waals surface area contributed by atoms with Crippen molar-refractivity contribution in [1.82, 2.24) is 25.2 Å². The highest BCUT2D eigenvalue weighted by Gasteiger charge is 2.34. The minimum atomic E-state index is -0.939. The van der Waals surface area contributed by atoms with E-state index in [0.717, 1.165) is 5.52 Å². The van der Waals surface area contributed by atoms with Crippen molar-refractivity contribution >= 4 is 22.8 Å². The van der Waals surface area contributed by atoms with Crippen LogP contribution >= 0.6 is 0 Å². The second-order valence-electron chi connectivity index (χ2n) is 9.30. The maximum Gasteiger partial charge on any atom is 0.247 e. The first-order valence-electron chi connectivity index (χ1n) is 11.9. The molecule has 3 rings (SSSR count). The van der Waals surface area contributed by atoms with Crippen molar-refractivity contribution in [3.8, 4) is 11.5 Å². The Bertz CT molecular complexity index is 1190. The largest absolute Gasteiger partial charge is 0.493 e. The molecule has 36 heavy (non-hydrogen) atoms. The van der Waals surface area contributed by atoms with E-state index in [1.165, 1.54) is 16.7 Å². The highest BCUT2D eigenvalue weighted by molar-refractivity contribution is 5.89. The van der Waals surface area contributed by atoms with Crippen molar-refractivity contribution in [3.05, 3.63) is 48.0 Å². The van der Waals surface area contributed by atoms with Gasteiger partial charge in [0.25, 0.3) is 0 Å². The van der Waals surface area contributed by atoms with Crippen molar-refractivity contribution in [1.29, 1.82) is 0 Å². The fourth-order valence-corrected chi connectivity index (χ4v) is 3.88. The molecule has 0 fully saturated rings. The Morgan fingerprint density at radius 3 is 2.53 bits per heavy atom. The predicted molar refractivity (Wildman–Crippen MR) is 136 cm³/mol. The van der Waals surface area contributed by atoms with Crippen LogP contribution in [0.25, 0.3) is 11.0 Å². The fourth-order valence-electron chi connectivity index (χ4n) is 3.88. The van der Waals surface area contributed by atoms with E-state index in [0.29, 0.717) is 29.2 Å². The summed E-state index contributed by atoms with van der Waals surface area (Å²) in [4.78, 5) is 28.9. The average molecular weight is 498 g/mol. The van der Waals surface area contributed by atoms with Gasteiger partial charge in [-0.15, -0.1) is 5.10 Å². The second-order valence-corrected chi connectivity index (χ2v) is 9.30. The number of nitrogens with one attached hydrogen (secondary N) is 1. The topological polar surface area (TPSA) is 108 Å². The van der Waals surface area contributed by atoms with E-state index in [4.69, 9.17) is 14.2 Å². The van der Waals surface area contributed by atoms with E-state index in [1.807, 2.05) is 52.0 Å². The number of ether oxygens (including phenoxy) is 3. The number of rotatable bonds is 11. The maximum absolute atomic E-state index is 13.7. The zero-order chi connectivity index (χ0) is 26.3. The van der Waals surface area contributed by atoms with Gasteiger partial charge in [0.1, 0.15) is 18.1 Å². The molecule has 1 heterocycles. The zero-order valence-electron chi connectivity index (χ0n) is 21.8. The van der Waals surface area contributed by atoms with E-state index < -0.39 is 11.6 Å². The molecule has 0 bridgehead atoms. The Kier molecular flexibility index (Phi) is 8.87. The molecule has 3 aromatic rings.